The molecule has 2 rings (SSSR count). The van der Waals surface area contributed by atoms with Gasteiger partial charge >= 0.3 is 0 Å². The first-order valence-corrected chi connectivity index (χ1v) is 9.21. The lowest BCUT2D eigenvalue weighted by molar-refractivity contribution is 0.241. The van der Waals surface area contributed by atoms with Gasteiger partial charge in [-0.1, -0.05) is 19.1 Å². The fourth-order valence-electron chi connectivity index (χ4n) is 3.02. The van der Waals surface area contributed by atoms with Crippen molar-refractivity contribution in [2.75, 3.05) is 44.8 Å². The molecule has 2 atom stereocenters. The third-order valence-electron chi connectivity index (χ3n) is 4.41. The molecule has 1 saturated heterocycles. The van der Waals surface area contributed by atoms with E-state index in [1.165, 1.54) is 0 Å². The highest BCUT2D eigenvalue weighted by molar-refractivity contribution is 5.80. The van der Waals surface area contributed by atoms with Gasteiger partial charge in [0.2, 0.25) is 0 Å². The molecule has 140 valence electrons. The van der Waals surface area contributed by atoms with Crippen LogP contribution in [0.3, 0.4) is 0 Å². The third kappa shape index (κ3) is 5.81. The Hall–Kier alpha value is -1.95. The predicted octanol–water partition coefficient (Wildman–Crippen LogP) is 1.85. The number of anilines is 1. The minimum absolute atomic E-state index is 0.161. The fourth-order valence-corrected chi connectivity index (χ4v) is 3.02. The van der Waals surface area contributed by atoms with Crippen molar-refractivity contribution in [1.29, 1.82) is 0 Å². The first-order chi connectivity index (χ1) is 12.2. The number of nitrogens with one attached hydrogen (secondary N) is 2. The van der Waals surface area contributed by atoms with Crippen LogP contribution in [-0.4, -0.2) is 57.0 Å². The van der Waals surface area contributed by atoms with E-state index in [1.54, 1.807) is 7.11 Å². The molecule has 25 heavy (non-hydrogen) atoms. The number of para-hydroxylation sites is 2. The topological polar surface area (TPSA) is 69.1 Å². The summed E-state index contributed by atoms with van der Waals surface area (Å²) in [6.07, 6.45) is 2.24. The Labute approximate surface area is 151 Å². The molecule has 0 aliphatic carbocycles. The second kappa shape index (κ2) is 10.1. The van der Waals surface area contributed by atoms with Gasteiger partial charge in [-0.05, 0) is 37.8 Å². The van der Waals surface area contributed by atoms with E-state index in [-0.39, 0.29) is 12.5 Å². The largest absolute Gasteiger partial charge is 0.495 e. The highest BCUT2D eigenvalue weighted by atomic mass is 16.5. The van der Waals surface area contributed by atoms with Gasteiger partial charge in [0.05, 0.1) is 12.8 Å². The van der Waals surface area contributed by atoms with E-state index in [4.69, 9.17) is 4.74 Å². The van der Waals surface area contributed by atoms with Crippen molar-refractivity contribution in [1.82, 2.24) is 10.6 Å². The van der Waals surface area contributed by atoms with Gasteiger partial charge in [0, 0.05) is 38.8 Å². The summed E-state index contributed by atoms with van der Waals surface area (Å²) in [6, 6.07) is 8.51. The van der Waals surface area contributed by atoms with Crippen molar-refractivity contribution in [3.63, 3.8) is 0 Å². The van der Waals surface area contributed by atoms with Crippen LogP contribution in [0.15, 0.2) is 29.3 Å². The normalized spacial score (nSPS) is 19.4. The van der Waals surface area contributed by atoms with E-state index in [1.807, 2.05) is 19.1 Å². The molecule has 0 aromatic heterocycles. The zero-order chi connectivity index (χ0) is 18.1. The Kier molecular flexibility index (Phi) is 7.85. The molecule has 1 aromatic carbocycles. The summed E-state index contributed by atoms with van der Waals surface area (Å²) in [5, 5.41) is 16.0. The van der Waals surface area contributed by atoms with Crippen molar-refractivity contribution >= 4 is 11.6 Å². The van der Waals surface area contributed by atoms with Gasteiger partial charge in [0.1, 0.15) is 5.75 Å². The molecule has 0 radical (unpaired) electrons. The minimum atomic E-state index is 0.161. The number of piperidine rings is 1. The molecular weight excluding hydrogens is 316 g/mol. The number of methoxy groups -OCH3 is 1. The van der Waals surface area contributed by atoms with Crippen molar-refractivity contribution in [3.8, 4) is 5.75 Å². The molecule has 0 saturated carbocycles. The van der Waals surface area contributed by atoms with E-state index in [0.717, 1.165) is 49.9 Å². The molecule has 2 unspecified atom stereocenters. The molecule has 6 heteroatoms. The molecule has 1 aliphatic heterocycles. The standard InChI is InChI=1S/C19H32N4O2/c1-4-20-19(21-12-15(2)14-24)22-16-8-7-11-23(13-16)17-9-5-6-10-18(17)25-3/h5-6,9-10,15-16,24H,4,7-8,11-14H2,1-3H3,(H2,20,21,22). The maximum atomic E-state index is 9.18. The monoisotopic (exact) mass is 348 g/mol. The second-order valence-electron chi connectivity index (χ2n) is 6.61. The molecule has 1 aliphatic rings. The number of rotatable bonds is 7. The highest BCUT2D eigenvalue weighted by Gasteiger charge is 2.22. The van der Waals surface area contributed by atoms with Crippen molar-refractivity contribution in [3.05, 3.63) is 24.3 Å². The summed E-state index contributed by atoms with van der Waals surface area (Å²) in [7, 11) is 1.72. The predicted molar refractivity (Wildman–Crippen MR) is 104 cm³/mol. The van der Waals surface area contributed by atoms with Crippen LogP contribution in [0.4, 0.5) is 5.69 Å². The number of aliphatic hydroxyl groups is 1. The number of aliphatic hydroxyl groups excluding tert-OH is 1. The summed E-state index contributed by atoms with van der Waals surface area (Å²) in [6.45, 7) is 7.62. The van der Waals surface area contributed by atoms with Crippen LogP contribution in [0.2, 0.25) is 0 Å². The quantitative estimate of drug-likeness (QED) is 0.518. The highest BCUT2D eigenvalue weighted by Crippen LogP contribution is 2.29. The minimum Gasteiger partial charge on any atom is -0.495 e. The average Bonchev–Trinajstić information content (AvgIpc) is 2.66. The summed E-state index contributed by atoms with van der Waals surface area (Å²) >= 11 is 0. The zero-order valence-corrected chi connectivity index (χ0v) is 15.7. The van der Waals surface area contributed by atoms with E-state index >= 15 is 0 Å². The summed E-state index contributed by atoms with van der Waals surface area (Å²) in [5.74, 6) is 1.92. The summed E-state index contributed by atoms with van der Waals surface area (Å²) in [4.78, 5) is 6.98. The Morgan fingerprint density at radius 2 is 2.24 bits per heavy atom. The second-order valence-corrected chi connectivity index (χ2v) is 6.61. The molecule has 6 nitrogen and oxygen atoms in total. The molecule has 1 aromatic rings. The van der Waals surface area contributed by atoms with Gasteiger partial charge in [-0.15, -0.1) is 0 Å². The van der Waals surface area contributed by atoms with Gasteiger partial charge < -0.3 is 25.4 Å². The van der Waals surface area contributed by atoms with Gasteiger partial charge in [0.15, 0.2) is 5.96 Å². The van der Waals surface area contributed by atoms with Gasteiger partial charge in [-0.2, -0.15) is 0 Å². The van der Waals surface area contributed by atoms with E-state index < -0.39 is 0 Å². The number of aliphatic imine (C=N–C) groups is 1. The number of guanidine groups is 1. The molecule has 0 bridgehead atoms. The summed E-state index contributed by atoms with van der Waals surface area (Å²) in [5.41, 5.74) is 1.15. The Bertz CT molecular complexity index is 550. The Morgan fingerprint density at radius 3 is 2.96 bits per heavy atom. The molecule has 0 spiro atoms. The maximum absolute atomic E-state index is 9.18. The molecular formula is C19H32N4O2. The van der Waals surface area contributed by atoms with Crippen LogP contribution in [-0.2, 0) is 0 Å². The van der Waals surface area contributed by atoms with Gasteiger partial charge in [-0.3, -0.25) is 4.99 Å². The average molecular weight is 348 g/mol. The van der Waals surface area contributed by atoms with Crippen molar-refractivity contribution in [2.24, 2.45) is 10.9 Å². The lowest BCUT2D eigenvalue weighted by atomic mass is 10.0. The van der Waals surface area contributed by atoms with Crippen LogP contribution in [0.1, 0.15) is 26.7 Å². The molecule has 1 fully saturated rings. The smallest absolute Gasteiger partial charge is 0.191 e. The van der Waals surface area contributed by atoms with Crippen LogP contribution in [0, 0.1) is 5.92 Å². The van der Waals surface area contributed by atoms with Crippen LogP contribution < -0.4 is 20.3 Å². The van der Waals surface area contributed by atoms with Gasteiger partial charge in [-0.25, -0.2) is 0 Å². The number of nitrogens with zero attached hydrogens (tertiary/aromatic N) is 2. The first kappa shape index (κ1) is 19.4. The van der Waals surface area contributed by atoms with Crippen molar-refractivity contribution < 1.29 is 9.84 Å². The number of hydrogen-bond acceptors (Lipinski definition) is 4. The van der Waals surface area contributed by atoms with E-state index in [2.05, 4.69) is 39.6 Å². The lowest BCUT2D eigenvalue weighted by Crippen LogP contribution is -2.51. The van der Waals surface area contributed by atoms with Crippen LogP contribution in [0.5, 0.6) is 5.75 Å². The maximum Gasteiger partial charge on any atom is 0.191 e. The molecule has 3 N–H and O–H groups in total. The van der Waals surface area contributed by atoms with E-state index in [0.29, 0.717) is 12.6 Å². The number of hydrogen-bond donors (Lipinski definition) is 3. The van der Waals surface area contributed by atoms with Crippen LogP contribution >= 0.6 is 0 Å². The Morgan fingerprint density at radius 1 is 1.44 bits per heavy atom. The summed E-state index contributed by atoms with van der Waals surface area (Å²) < 4.78 is 5.51. The van der Waals surface area contributed by atoms with Gasteiger partial charge in [0.25, 0.3) is 0 Å². The Balaban J connectivity index is 2.01. The number of ether oxygens (including phenoxy) is 1. The fraction of sp³-hybridized carbons (Fsp3) is 0.632. The third-order valence-corrected chi connectivity index (χ3v) is 4.41. The lowest BCUT2D eigenvalue weighted by Gasteiger charge is -2.36. The SMILES string of the molecule is CCNC(=NCC(C)CO)NC1CCCN(c2ccccc2OC)C1. The zero-order valence-electron chi connectivity index (χ0n) is 15.7. The molecule has 1 heterocycles. The van der Waals surface area contributed by atoms with Crippen molar-refractivity contribution in [2.45, 2.75) is 32.7 Å². The molecule has 0 amide bonds. The number of benzene rings is 1. The first-order valence-electron chi connectivity index (χ1n) is 9.21. The van der Waals surface area contributed by atoms with Crippen LogP contribution in [0.25, 0.3) is 0 Å². The van der Waals surface area contributed by atoms with E-state index in [9.17, 15) is 5.11 Å².